The molecule has 2 fully saturated rings. The van der Waals surface area contributed by atoms with Crippen LogP contribution in [0.3, 0.4) is 0 Å². The lowest BCUT2D eigenvalue weighted by Gasteiger charge is -2.47. The summed E-state index contributed by atoms with van der Waals surface area (Å²) in [5, 5.41) is 3.90. The van der Waals surface area contributed by atoms with Crippen LogP contribution in [-0.4, -0.2) is 29.6 Å². The second-order valence-electron chi connectivity index (χ2n) is 6.90. The number of nitrogens with one attached hydrogen (secondary N) is 1. The molecule has 2 aliphatic rings. The first-order chi connectivity index (χ1) is 10.2. The van der Waals surface area contributed by atoms with Crippen LogP contribution in [0.2, 0.25) is 0 Å². The van der Waals surface area contributed by atoms with Gasteiger partial charge in [-0.25, -0.2) is 0 Å². The Morgan fingerprint density at radius 3 is 2.48 bits per heavy atom. The number of piperazine rings is 1. The summed E-state index contributed by atoms with van der Waals surface area (Å²) in [6.45, 7) is 10.5. The van der Waals surface area contributed by atoms with Crippen molar-refractivity contribution in [2.75, 3.05) is 13.1 Å². The summed E-state index contributed by atoms with van der Waals surface area (Å²) < 4.78 is 0. The number of aryl methyl sites for hydroxylation is 1. The van der Waals surface area contributed by atoms with Crippen molar-refractivity contribution in [2.45, 2.75) is 71.0 Å². The molecule has 2 nitrogen and oxygen atoms in total. The maximum absolute atomic E-state index is 3.90. The van der Waals surface area contributed by atoms with Gasteiger partial charge in [-0.1, -0.05) is 20.8 Å². The Bertz CT molecular complexity index is 460. The Morgan fingerprint density at radius 1 is 1.19 bits per heavy atom. The average molecular weight is 307 g/mol. The topological polar surface area (TPSA) is 15.3 Å². The van der Waals surface area contributed by atoms with Gasteiger partial charge in [-0.2, -0.15) is 0 Å². The number of rotatable bonds is 6. The van der Waals surface area contributed by atoms with Gasteiger partial charge in [0.05, 0.1) is 0 Å². The van der Waals surface area contributed by atoms with E-state index >= 15 is 0 Å². The number of hydrogen-bond acceptors (Lipinski definition) is 3. The van der Waals surface area contributed by atoms with Crippen molar-refractivity contribution in [3.8, 4) is 0 Å². The Hall–Kier alpha value is -0.380. The molecule has 1 N–H and O–H groups in total. The van der Waals surface area contributed by atoms with E-state index in [1.54, 1.807) is 4.88 Å². The van der Waals surface area contributed by atoms with E-state index in [1.807, 2.05) is 11.3 Å². The van der Waals surface area contributed by atoms with E-state index in [0.29, 0.717) is 5.54 Å². The van der Waals surface area contributed by atoms with Crippen LogP contribution in [0.5, 0.6) is 0 Å². The zero-order valence-electron chi connectivity index (χ0n) is 13.8. The third-order valence-corrected chi connectivity index (χ3v) is 6.82. The van der Waals surface area contributed by atoms with Crippen molar-refractivity contribution >= 4 is 11.3 Å². The molecule has 1 aromatic rings. The van der Waals surface area contributed by atoms with E-state index in [0.717, 1.165) is 18.5 Å². The van der Waals surface area contributed by atoms with Gasteiger partial charge in [0.15, 0.2) is 0 Å². The van der Waals surface area contributed by atoms with Crippen molar-refractivity contribution in [3.05, 3.63) is 21.9 Å². The van der Waals surface area contributed by atoms with E-state index in [-0.39, 0.29) is 0 Å². The first-order valence-corrected chi connectivity index (χ1v) is 9.58. The molecule has 0 radical (unpaired) electrons. The number of thiophene rings is 1. The minimum absolute atomic E-state index is 0.343. The molecule has 0 amide bonds. The summed E-state index contributed by atoms with van der Waals surface area (Å²) in [5.41, 5.74) is 0.343. The van der Waals surface area contributed by atoms with Gasteiger partial charge < -0.3 is 5.32 Å². The summed E-state index contributed by atoms with van der Waals surface area (Å²) in [7, 11) is 0. The van der Waals surface area contributed by atoms with E-state index in [1.165, 1.54) is 50.1 Å². The highest BCUT2D eigenvalue weighted by atomic mass is 32.1. The lowest BCUT2D eigenvalue weighted by Crippen LogP contribution is -2.64. The summed E-state index contributed by atoms with van der Waals surface area (Å²) in [4.78, 5) is 5.88. The highest BCUT2D eigenvalue weighted by Gasteiger charge is 2.42. The van der Waals surface area contributed by atoms with Crippen molar-refractivity contribution in [1.82, 2.24) is 10.2 Å². The standard InChI is InChI=1S/C18H30N2S/c1-4-15-9-10-16(21-15)12-20-13-18(5-2,6-3)19-11-17(20)14-7-8-14/h9-10,14,17,19H,4-8,11-13H2,1-3H3. The number of nitrogens with zero attached hydrogens (tertiary/aromatic N) is 1. The van der Waals surface area contributed by atoms with E-state index in [2.05, 4.69) is 43.1 Å². The molecule has 1 saturated carbocycles. The minimum Gasteiger partial charge on any atom is -0.308 e. The van der Waals surface area contributed by atoms with Crippen LogP contribution in [-0.2, 0) is 13.0 Å². The molecule has 1 aromatic heterocycles. The molecule has 1 aliphatic heterocycles. The fourth-order valence-electron chi connectivity index (χ4n) is 3.75. The van der Waals surface area contributed by atoms with Gasteiger partial charge in [-0.3, -0.25) is 4.90 Å². The molecule has 1 atom stereocenters. The molecular weight excluding hydrogens is 276 g/mol. The summed E-state index contributed by atoms with van der Waals surface area (Å²) in [6.07, 6.45) is 6.54. The summed E-state index contributed by atoms with van der Waals surface area (Å²) in [5.74, 6) is 0.954. The molecule has 1 saturated heterocycles. The lowest BCUT2D eigenvalue weighted by atomic mass is 9.87. The number of hydrogen-bond donors (Lipinski definition) is 1. The molecule has 1 aliphatic carbocycles. The maximum Gasteiger partial charge on any atom is 0.0332 e. The molecule has 21 heavy (non-hydrogen) atoms. The first kappa shape index (κ1) is 15.5. The van der Waals surface area contributed by atoms with Gasteiger partial charge >= 0.3 is 0 Å². The van der Waals surface area contributed by atoms with Crippen molar-refractivity contribution in [2.24, 2.45) is 5.92 Å². The highest BCUT2D eigenvalue weighted by molar-refractivity contribution is 7.11. The van der Waals surface area contributed by atoms with Crippen LogP contribution < -0.4 is 5.32 Å². The van der Waals surface area contributed by atoms with Crippen LogP contribution >= 0.6 is 11.3 Å². The highest BCUT2D eigenvalue weighted by Crippen LogP contribution is 2.39. The molecular formula is C18H30N2S. The quantitative estimate of drug-likeness (QED) is 0.853. The summed E-state index contributed by atoms with van der Waals surface area (Å²) in [6, 6.07) is 5.44. The van der Waals surface area contributed by atoms with Gasteiger partial charge in [-0.05, 0) is 50.2 Å². The van der Waals surface area contributed by atoms with Crippen molar-refractivity contribution in [3.63, 3.8) is 0 Å². The van der Waals surface area contributed by atoms with Crippen LogP contribution in [0.15, 0.2) is 12.1 Å². The van der Waals surface area contributed by atoms with Crippen LogP contribution in [0.1, 0.15) is 56.2 Å². The fourth-order valence-corrected chi connectivity index (χ4v) is 4.74. The molecule has 2 heterocycles. The zero-order chi connectivity index (χ0) is 14.9. The average Bonchev–Trinajstić information content (AvgIpc) is 3.26. The van der Waals surface area contributed by atoms with Crippen molar-refractivity contribution < 1.29 is 0 Å². The van der Waals surface area contributed by atoms with Crippen LogP contribution in [0.25, 0.3) is 0 Å². The molecule has 3 rings (SSSR count). The van der Waals surface area contributed by atoms with E-state index in [4.69, 9.17) is 0 Å². The van der Waals surface area contributed by atoms with Crippen LogP contribution in [0.4, 0.5) is 0 Å². The molecule has 3 heteroatoms. The first-order valence-electron chi connectivity index (χ1n) is 8.76. The maximum atomic E-state index is 3.90. The monoisotopic (exact) mass is 306 g/mol. The fraction of sp³-hybridized carbons (Fsp3) is 0.778. The SMILES string of the molecule is CCc1ccc(CN2CC(CC)(CC)NCC2C2CC2)s1. The van der Waals surface area contributed by atoms with Gasteiger partial charge in [-0.15, -0.1) is 11.3 Å². The molecule has 1 unspecified atom stereocenters. The lowest BCUT2D eigenvalue weighted by molar-refractivity contribution is 0.0565. The molecule has 0 spiro atoms. The van der Waals surface area contributed by atoms with Gasteiger partial charge in [0.25, 0.3) is 0 Å². The Balaban J connectivity index is 1.73. The predicted octanol–water partition coefficient (Wildman–Crippen LogP) is 4.05. The predicted molar refractivity (Wildman–Crippen MR) is 91.9 cm³/mol. The Morgan fingerprint density at radius 2 is 1.90 bits per heavy atom. The third kappa shape index (κ3) is 3.35. The second-order valence-corrected chi connectivity index (χ2v) is 8.15. The third-order valence-electron chi connectivity index (χ3n) is 5.61. The minimum atomic E-state index is 0.343. The molecule has 0 bridgehead atoms. The van der Waals surface area contributed by atoms with Crippen molar-refractivity contribution in [1.29, 1.82) is 0 Å². The van der Waals surface area contributed by atoms with E-state index < -0.39 is 0 Å². The summed E-state index contributed by atoms with van der Waals surface area (Å²) >= 11 is 2.01. The zero-order valence-corrected chi connectivity index (χ0v) is 14.6. The Kier molecular flexibility index (Phi) is 4.72. The van der Waals surface area contributed by atoms with Crippen LogP contribution in [0, 0.1) is 5.92 Å². The van der Waals surface area contributed by atoms with Gasteiger partial charge in [0.1, 0.15) is 0 Å². The van der Waals surface area contributed by atoms with Gasteiger partial charge in [0.2, 0.25) is 0 Å². The normalized spacial score (nSPS) is 26.1. The molecule has 118 valence electrons. The van der Waals surface area contributed by atoms with Gasteiger partial charge in [0, 0.05) is 41.0 Å². The second kappa shape index (κ2) is 6.39. The molecule has 0 aromatic carbocycles. The smallest absolute Gasteiger partial charge is 0.0332 e. The van der Waals surface area contributed by atoms with E-state index in [9.17, 15) is 0 Å². The Labute approximate surface area is 133 Å². The largest absolute Gasteiger partial charge is 0.308 e.